The van der Waals surface area contributed by atoms with E-state index in [1.807, 2.05) is 25.1 Å². The molecule has 3 N–H and O–H groups in total. The summed E-state index contributed by atoms with van der Waals surface area (Å²) in [6, 6.07) is 5.78. The Labute approximate surface area is 93.7 Å². The number of hydrogen-bond acceptors (Lipinski definition) is 3. The number of carbonyl (C=O) groups is 1. The van der Waals surface area contributed by atoms with Gasteiger partial charge in [-0.1, -0.05) is 13.0 Å². The van der Waals surface area contributed by atoms with E-state index in [0.717, 1.165) is 10.5 Å². The minimum Gasteiger partial charge on any atom is -0.481 e. The summed E-state index contributed by atoms with van der Waals surface area (Å²) in [7, 11) is 0. The van der Waals surface area contributed by atoms with Crippen LogP contribution in [0.4, 0.5) is 5.69 Å². The van der Waals surface area contributed by atoms with E-state index in [9.17, 15) is 4.79 Å². The van der Waals surface area contributed by atoms with Crippen LogP contribution in [0, 0.1) is 12.8 Å². The van der Waals surface area contributed by atoms with Crippen molar-refractivity contribution in [2.75, 3.05) is 11.5 Å². The number of carboxylic acids is 1. The maximum atomic E-state index is 10.6. The Hall–Kier alpha value is -1.16. The molecule has 0 radical (unpaired) electrons. The van der Waals surface area contributed by atoms with Crippen LogP contribution in [0.25, 0.3) is 0 Å². The standard InChI is InChI=1S/C11H15NO2S/c1-7-3-4-9(12)10(5-7)15-6-8(2)11(13)14/h3-5,8H,6,12H2,1-2H3,(H,13,14). The zero-order valence-electron chi connectivity index (χ0n) is 8.86. The maximum Gasteiger partial charge on any atom is 0.307 e. The number of benzene rings is 1. The van der Waals surface area contributed by atoms with Gasteiger partial charge in [-0.3, -0.25) is 4.79 Å². The number of hydrogen-bond donors (Lipinski definition) is 2. The highest BCUT2D eigenvalue weighted by Crippen LogP contribution is 2.27. The Kier molecular flexibility index (Phi) is 4.03. The lowest BCUT2D eigenvalue weighted by molar-refractivity contribution is -0.140. The monoisotopic (exact) mass is 225 g/mol. The topological polar surface area (TPSA) is 63.3 Å². The number of nitrogen functional groups attached to an aromatic ring is 1. The highest BCUT2D eigenvalue weighted by molar-refractivity contribution is 7.99. The van der Waals surface area contributed by atoms with Crippen molar-refractivity contribution in [2.24, 2.45) is 5.92 Å². The van der Waals surface area contributed by atoms with E-state index in [2.05, 4.69) is 0 Å². The lowest BCUT2D eigenvalue weighted by Crippen LogP contribution is -2.11. The van der Waals surface area contributed by atoms with Gasteiger partial charge in [-0.25, -0.2) is 0 Å². The van der Waals surface area contributed by atoms with E-state index < -0.39 is 5.97 Å². The van der Waals surface area contributed by atoms with E-state index in [4.69, 9.17) is 10.8 Å². The lowest BCUT2D eigenvalue weighted by atomic mass is 10.2. The van der Waals surface area contributed by atoms with Crippen LogP contribution in [0.1, 0.15) is 12.5 Å². The van der Waals surface area contributed by atoms with Gasteiger partial charge >= 0.3 is 5.97 Å². The second-order valence-corrected chi connectivity index (χ2v) is 4.65. The van der Waals surface area contributed by atoms with Gasteiger partial charge in [-0.05, 0) is 24.6 Å². The van der Waals surface area contributed by atoms with E-state index in [0.29, 0.717) is 11.4 Å². The van der Waals surface area contributed by atoms with Crippen LogP contribution in [0.3, 0.4) is 0 Å². The molecule has 0 bridgehead atoms. The molecule has 1 aromatic rings. The van der Waals surface area contributed by atoms with E-state index in [-0.39, 0.29) is 5.92 Å². The van der Waals surface area contributed by atoms with Crippen LogP contribution < -0.4 is 5.73 Å². The van der Waals surface area contributed by atoms with Crippen molar-refractivity contribution in [2.45, 2.75) is 18.7 Å². The number of nitrogens with two attached hydrogens (primary N) is 1. The second-order valence-electron chi connectivity index (χ2n) is 3.59. The van der Waals surface area contributed by atoms with Crippen LogP contribution in [0.5, 0.6) is 0 Å². The van der Waals surface area contributed by atoms with Crippen LogP contribution in [0.15, 0.2) is 23.1 Å². The highest BCUT2D eigenvalue weighted by Gasteiger charge is 2.11. The van der Waals surface area contributed by atoms with Crippen molar-refractivity contribution < 1.29 is 9.90 Å². The number of carboxylic acid groups (broad SMARTS) is 1. The first-order valence-electron chi connectivity index (χ1n) is 4.72. The molecule has 0 aliphatic heterocycles. The molecule has 0 aliphatic carbocycles. The molecule has 82 valence electrons. The minimum atomic E-state index is -0.770. The third-order valence-electron chi connectivity index (χ3n) is 2.08. The molecular formula is C11H15NO2S. The molecule has 1 aromatic carbocycles. The van der Waals surface area contributed by atoms with Crippen molar-refractivity contribution in [3.05, 3.63) is 23.8 Å². The Balaban J connectivity index is 2.65. The fraction of sp³-hybridized carbons (Fsp3) is 0.364. The molecule has 0 saturated heterocycles. The van der Waals surface area contributed by atoms with Crippen molar-refractivity contribution in [3.63, 3.8) is 0 Å². The zero-order valence-corrected chi connectivity index (χ0v) is 9.67. The number of rotatable bonds is 4. The largest absolute Gasteiger partial charge is 0.481 e. The fourth-order valence-electron chi connectivity index (χ4n) is 1.05. The molecule has 15 heavy (non-hydrogen) atoms. The molecule has 1 rings (SSSR count). The van der Waals surface area contributed by atoms with Gasteiger partial charge in [0.15, 0.2) is 0 Å². The highest BCUT2D eigenvalue weighted by atomic mass is 32.2. The van der Waals surface area contributed by atoms with Crippen molar-refractivity contribution in [3.8, 4) is 0 Å². The summed E-state index contributed by atoms with van der Waals surface area (Å²) in [5, 5.41) is 8.74. The van der Waals surface area contributed by atoms with Gasteiger partial charge in [-0.2, -0.15) is 0 Å². The van der Waals surface area contributed by atoms with Gasteiger partial charge in [-0.15, -0.1) is 11.8 Å². The Morgan fingerprint density at radius 3 is 2.87 bits per heavy atom. The number of aryl methyl sites for hydroxylation is 1. The smallest absolute Gasteiger partial charge is 0.307 e. The van der Waals surface area contributed by atoms with E-state index in [1.165, 1.54) is 11.8 Å². The molecule has 0 spiro atoms. The first-order valence-corrected chi connectivity index (χ1v) is 5.71. The van der Waals surface area contributed by atoms with Crippen LogP contribution in [-0.4, -0.2) is 16.8 Å². The zero-order chi connectivity index (χ0) is 11.4. The minimum absolute atomic E-state index is 0.352. The summed E-state index contributed by atoms with van der Waals surface area (Å²) in [5.74, 6) is -0.577. The molecule has 0 fully saturated rings. The van der Waals surface area contributed by atoms with Crippen LogP contribution in [0.2, 0.25) is 0 Å². The Morgan fingerprint density at radius 2 is 2.27 bits per heavy atom. The second kappa shape index (κ2) is 5.07. The predicted octanol–water partition coefficient (Wildman–Crippen LogP) is 2.39. The van der Waals surface area contributed by atoms with Gasteiger partial charge in [0.05, 0.1) is 5.92 Å². The molecular weight excluding hydrogens is 210 g/mol. The van der Waals surface area contributed by atoms with Crippen LogP contribution >= 0.6 is 11.8 Å². The number of thioether (sulfide) groups is 1. The summed E-state index contributed by atoms with van der Waals surface area (Å²) >= 11 is 1.49. The fourth-order valence-corrected chi connectivity index (χ4v) is 2.13. The summed E-state index contributed by atoms with van der Waals surface area (Å²) < 4.78 is 0. The SMILES string of the molecule is Cc1ccc(N)c(SCC(C)C(=O)O)c1. The summed E-state index contributed by atoms with van der Waals surface area (Å²) in [6.07, 6.45) is 0. The van der Waals surface area contributed by atoms with Gasteiger partial charge in [0, 0.05) is 16.3 Å². The quantitative estimate of drug-likeness (QED) is 0.610. The molecule has 0 heterocycles. The van der Waals surface area contributed by atoms with Gasteiger partial charge in [0.1, 0.15) is 0 Å². The average Bonchev–Trinajstić information content (AvgIpc) is 2.18. The predicted molar refractivity (Wildman–Crippen MR) is 63.1 cm³/mol. The van der Waals surface area contributed by atoms with E-state index in [1.54, 1.807) is 6.92 Å². The normalized spacial score (nSPS) is 12.4. The van der Waals surface area contributed by atoms with Crippen LogP contribution in [-0.2, 0) is 4.79 Å². The molecule has 0 aromatic heterocycles. The third-order valence-corrected chi connectivity index (χ3v) is 3.41. The van der Waals surface area contributed by atoms with Gasteiger partial charge < -0.3 is 10.8 Å². The van der Waals surface area contributed by atoms with Gasteiger partial charge in [0.25, 0.3) is 0 Å². The molecule has 4 heteroatoms. The first-order chi connectivity index (χ1) is 7.00. The summed E-state index contributed by atoms with van der Waals surface area (Å²) in [5.41, 5.74) is 7.63. The lowest BCUT2D eigenvalue weighted by Gasteiger charge is -2.08. The Bertz CT molecular complexity index is 366. The summed E-state index contributed by atoms with van der Waals surface area (Å²) in [4.78, 5) is 11.6. The molecule has 0 saturated carbocycles. The molecule has 1 unspecified atom stereocenters. The maximum absolute atomic E-state index is 10.6. The van der Waals surface area contributed by atoms with Crippen molar-refractivity contribution in [1.82, 2.24) is 0 Å². The van der Waals surface area contributed by atoms with Gasteiger partial charge in [0.2, 0.25) is 0 Å². The molecule has 3 nitrogen and oxygen atoms in total. The van der Waals surface area contributed by atoms with Crippen molar-refractivity contribution >= 4 is 23.4 Å². The number of anilines is 1. The average molecular weight is 225 g/mol. The first kappa shape index (κ1) is 11.9. The summed E-state index contributed by atoms with van der Waals surface area (Å²) in [6.45, 7) is 3.69. The molecule has 0 amide bonds. The molecule has 0 aliphatic rings. The molecule has 1 atom stereocenters. The van der Waals surface area contributed by atoms with Crippen molar-refractivity contribution in [1.29, 1.82) is 0 Å². The Morgan fingerprint density at radius 1 is 1.60 bits per heavy atom. The van der Waals surface area contributed by atoms with E-state index >= 15 is 0 Å². The number of aliphatic carboxylic acids is 1. The third kappa shape index (κ3) is 3.47.